The zero-order valence-corrected chi connectivity index (χ0v) is 13.0. The molecular formula is C18H17NO4. The van der Waals surface area contributed by atoms with Crippen molar-refractivity contribution in [3.05, 3.63) is 53.6 Å². The number of amides is 1. The highest BCUT2D eigenvalue weighted by Gasteiger charge is 2.32. The molecule has 5 heteroatoms. The fraction of sp³-hybridized carbons (Fsp3) is 0.222. The van der Waals surface area contributed by atoms with Gasteiger partial charge in [-0.2, -0.15) is 0 Å². The number of carbonyl (C=O) groups excluding carboxylic acids is 2. The fourth-order valence-corrected chi connectivity index (χ4v) is 2.81. The third kappa shape index (κ3) is 2.77. The van der Waals surface area contributed by atoms with Crippen LogP contribution in [0.3, 0.4) is 0 Å². The van der Waals surface area contributed by atoms with E-state index in [1.54, 1.807) is 18.2 Å². The van der Waals surface area contributed by atoms with Crippen LogP contribution in [-0.2, 0) is 4.79 Å². The first-order chi connectivity index (χ1) is 11.1. The number of anilines is 1. The van der Waals surface area contributed by atoms with Gasteiger partial charge in [-0.3, -0.25) is 9.59 Å². The average Bonchev–Trinajstić information content (AvgIpc) is 2.90. The number of fused-ring (bicyclic) bond motifs is 1. The summed E-state index contributed by atoms with van der Waals surface area (Å²) in [6.07, 6.45) is 0.0897. The van der Waals surface area contributed by atoms with Gasteiger partial charge in [0.25, 0.3) is 0 Å². The second-order valence-corrected chi connectivity index (χ2v) is 5.32. The van der Waals surface area contributed by atoms with Gasteiger partial charge >= 0.3 is 0 Å². The maximum absolute atomic E-state index is 12.7. The highest BCUT2D eigenvalue weighted by atomic mass is 16.5. The number of ether oxygens (including phenoxy) is 2. The zero-order chi connectivity index (χ0) is 16.4. The Morgan fingerprint density at radius 1 is 1.13 bits per heavy atom. The quantitative estimate of drug-likeness (QED) is 0.862. The van der Waals surface area contributed by atoms with Gasteiger partial charge in [0.1, 0.15) is 11.5 Å². The Morgan fingerprint density at radius 3 is 2.65 bits per heavy atom. The van der Waals surface area contributed by atoms with Gasteiger partial charge in [0.05, 0.1) is 25.7 Å². The summed E-state index contributed by atoms with van der Waals surface area (Å²) in [6.45, 7) is 0. The van der Waals surface area contributed by atoms with Crippen LogP contribution < -0.4 is 14.8 Å². The molecule has 2 aromatic carbocycles. The van der Waals surface area contributed by atoms with Crippen LogP contribution in [0, 0.1) is 0 Å². The summed E-state index contributed by atoms with van der Waals surface area (Å²) in [5.41, 5.74) is 2.05. The molecular weight excluding hydrogens is 294 g/mol. The summed E-state index contributed by atoms with van der Waals surface area (Å²) in [4.78, 5) is 24.8. The van der Waals surface area contributed by atoms with Crippen molar-refractivity contribution in [2.75, 3.05) is 19.5 Å². The third-order valence-corrected chi connectivity index (χ3v) is 4.01. The Morgan fingerprint density at radius 2 is 1.91 bits per heavy atom. The first-order valence-electron chi connectivity index (χ1n) is 7.29. The lowest BCUT2D eigenvalue weighted by molar-refractivity contribution is -0.117. The number of methoxy groups -OCH3 is 2. The largest absolute Gasteiger partial charge is 0.497 e. The maximum Gasteiger partial charge on any atom is 0.232 e. The topological polar surface area (TPSA) is 64.6 Å². The van der Waals surface area contributed by atoms with Crippen LogP contribution in [0.4, 0.5) is 5.69 Å². The molecule has 1 amide bonds. The summed E-state index contributed by atoms with van der Waals surface area (Å²) in [5, 5.41) is 2.81. The monoisotopic (exact) mass is 311 g/mol. The lowest BCUT2D eigenvalue weighted by atomic mass is 9.92. The van der Waals surface area contributed by atoms with Gasteiger partial charge in [-0.25, -0.2) is 0 Å². The molecule has 1 aliphatic heterocycles. The van der Waals surface area contributed by atoms with Crippen LogP contribution in [-0.4, -0.2) is 25.9 Å². The van der Waals surface area contributed by atoms with Crippen molar-refractivity contribution in [2.24, 2.45) is 0 Å². The number of hydrogen-bond acceptors (Lipinski definition) is 4. The Labute approximate surface area is 134 Å². The molecule has 0 aliphatic carbocycles. The summed E-state index contributed by atoms with van der Waals surface area (Å²) >= 11 is 0. The third-order valence-electron chi connectivity index (χ3n) is 4.01. The number of carbonyl (C=O) groups is 2. The van der Waals surface area contributed by atoms with Gasteiger partial charge in [-0.05, 0) is 29.8 Å². The molecule has 2 aromatic rings. The van der Waals surface area contributed by atoms with Crippen LogP contribution in [0.15, 0.2) is 42.5 Å². The molecule has 1 atom stereocenters. The summed E-state index contributed by atoms with van der Waals surface area (Å²) in [7, 11) is 3.05. The number of nitrogens with one attached hydrogen (secondary N) is 1. The fourth-order valence-electron chi connectivity index (χ4n) is 2.81. The van der Waals surface area contributed by atoms with E-state index in [-0.39, 0.29) is 18.1 Å². The molecule has 1 aliphatic rings. The summed E-state index contributed by atoms with van der Waals surface area (Å²) < 4.78 is 10.4. The van der Waals surface area contributed by atoms with Crippen molar-refractivity contribution in [2.45, 2.75) is 12.3 Å². The molecule has 0 radical (unpaired) electrons. The number of ketones is 1. The molecule has 0 saturated heterocycles. The average molecular weight is 311 g/mol. The number of rotatable bonds is 5. The molecule has 1 heterocycles. The minimum Gasteiger partial charge on any atom is -0.497 e. The van der Waals surface area contributed by atoms with E-state index in [4.69, 9.17) is 9.47 Å². The van der Waals surface area contributed by atoms with E-state index in [0.717, 1.165) is 11.3 Å². The zero-order valence-electron chi connectivity index (χ0n) is 13.0. The summed E-state index contributed by atoms with van der Waals surface area (Å²) in [6, 6.07) is 12.5. The van der Waals surface area contributed by atoms with Gasteiger partial charge in [0.15, 0.2) is 5.78 Å². The number of hydrogen-bond donors (Lipinski definition) is 1. The predicted molar refractivity (Wildman–Crippen MR) is 86.3 cm³/mol. The van der Waals surface area contributed by atoms with Crippen LogP contribution in [0.5, 0.6) is 11.5 Å². The molecule has 118 valence electrons. The molecule has 0 spiro atoms. The lowest BCUT2D eigenvalue weighted by Crippen LogP contribution is -2.16. The van der Waals surface area contributed by atoms with E-state index in [0.29, 0.717) is 17.1 Å². The van der Waals surface area contributed by atoms with Crippen molar-refractivity contribution >= 4 is 17.4 Å². The number of Topliss-reactive ketones (excluding diaryl/α,β-unsaturated/α-hetero) is 1. The van der Waals surface area contributed by atoms with E-state index in [9.17, 15) is 9.59 Å². The van der Waals surface area contributed by atoms with Crippen molar-refractivity contribution in [1.29, 1.82) is 0 Å². The van der Waals surface area contributed by atoms with Crippen LogP contribution in [0.25, 0.3) is 0 Å². The van der Waals surface area contributed by atoms with Crippen LogP contribution >= 0.6 is 0 Å². The van der Waals surface area contributed by atoms with Gasteiger partial charge < -0.3 is 14.8 Å². The Bertz CT molecular complexity index is 769. The van der Waals surface area contributed by atoms with Crippen molar-refractivity contribution in [3.63, 3.8) is 0 Å². The minimum absolute atomic E-state index is 0.0897. The molecule has 3 rings (SSSR count). The highest BCUT2D eigenvalue weighted by Crippen LogP contribution is 2.36. The second kappa shape index (κ2) is 6.12. The molecule has 0 aromatic heterocycles. The van der Waals surface area contributed by atoms with E-state index in [1.807, 2.05) is 24.3 Å². The normalized spacial score (nSPS) is 15.7. The lowest BCUT2D eigenvalue weighted by Gasteiger charge is -2.12. The predicted octanol–water partition coefficient (Wildman–Crippen LogP) is 3.01. The SMILES string of the molecule is COc1ccc(OC)c(C(=O)C[C@H]2C(=O)Nc3ccccc32)c1. The molecule has 5 nitrogen and oxygen atoms in total. The maximum atomic E-state index is 12.7. The van der Waals surface area contributed by atoms with Gasteiger partial charge in [-0.15, -0.1) is 0 Å². The molecule has 23 heavy (non-hydrogen) atoms. The number of para-hydroxylation sites is 1. The molecule has 1 N–H and O–H groups in total. The molecule has 0 saturated carbocycles. The van der Waals surface area contributed by atoms with Gasteiger partial charge in [-0.1, -0.05) is 18.2 Å². The Hall–Kier alpha value is -2.82. The van der Waals surface area contributed by atoms with E-state index in [2.05, 4.69) is 5.32 Å². The second-order valence-electron chi connectivity index (χ2n) is 5.32. The number of benzene rings is 2. The molecule has 0 bridgehead atoms. The van der Waals surface area contributed by atoms with Crippen molar-refractivity contribution in [1.82, 2.24) is 0 Å². The van der Waals surface area contributed by atoms with E-state index in [1.165, 1.54) is 14.2 Å². The van der Waals surface area contributed by atoms with Gasteiger partial charge in [0.2, 0.25) is 5.91 Å². The van der Waals surface area contributed by atoms with Crippen LogP contribution in [0.1, 0.15) is 28.3 Å². The first kappa shape index (κ1) is 15.1. The smallest absolute Gasteiger partial charge is 0.232 e. The van der Waals surface area contributed by atoms with Crippen molar-refractivity contribution in [3.8, 4) is 11.5 Å². The van der Waals surface area contributed by atoms with Crippen molar-refractivity contribution < 1.29 is 19.1 Å². The van der Waals surface area contributed by atoms with E-state index < -0.39 is 5.92 Å². The molecule has 0 unspecified atom stereocenters. The van der Waals surface area contributed by atoms with E-state index >= 15 is 0 Å². The van der Waals surface area contributed by atoms with Gasteiger partial charge in [0, 0.05) is 12.1 Å². The Balaban J connectivity index is 1.89. The standard InChI is InChI=1S/C18H17NO4/c1-22-11-7-8-17(23-2)14(9-11)16(20)10-13-12-5-3-4-6-15(12)19-18(13)21/h3-9,13H,10H2,1-2H3,(H,19,21)/t13-/m1/s1. The highest BCUT2D eigenvalue weighted by molar-refractivity contribution is 6.08. The first-order valence-corrected chi connectivity index (χ1v) is 7.29. The summed E-state index contributed by atoms with van der Waals surface area (Å²) in [5.74, 6) is 0.265. The minimum atomic E-state index is -0.477. The molecule has 0 fully saturated rings. The van der Waals surface area contributed by atoms with Crippen LogP contribution in [0.2, 0.25) is 0 Å². The Kier molecular flexibility index (Phi) is 4.02.